The van der Waals surface area contributed by atoms with Crippen LogP contribution in [0.25, 0.3) is 0 Å². The van der Waals surface area contributed by atoms with Crippen molar-refractivity contribution in [1.29, 1.82) is 5.26 Å². The highest BCUT2D eigenvalue weighted by Crippen LogP contribution is 2.11. The van der Waals surface area contributed by atoms with Crippen LogP contribution in [0.5, 0.6) is 0 Å². The van der Waals surface area contributed by atoms with E-state index in [1.165, 1.54) is 0 Å². The van der Waals surface area contributed by atoms with Gasteiger partial charge in [0.15, 0.2) is 0 Å². The maximum Gasteiger partial charge on any atom is 0.326 e. The Morgan fingerprint density at radius 2 is 1.96 bits per heavy atom. The lowest BCUT2D eigenvalue weighted by atomic mass is 10.1. The Kier molecular flexibility index (Phi) is 9.09. The number of amides is 3. The van der Waals surface area contributed by atoms with Gasteiger partial charge in [-0.3, -0.25) is 10.1 Å². The number of urea groups is 1. The molecule has 1 aromatic carbocycles. The fourth-order valence-electron chi connectivity index (χ4n) is 1.97. The summed E-state index contributed by atoms with van der Waals surface area (Å²) in [5.74, 6) is -0.145. The molecule has 0 heterocycles. The number of nitrogens with one attached hydrogen (secondary N) is 3. The van der Waals surface area contributed by atoms with Crippen LogP contribution >= 0.6 is 12.6 Å². The molecule has 3 N–H and O–H groups in total. The Bertz CT molecular complexity index is 613. The zero-order chi connectivity index (χ0) is 17.8. The maximum atomic E-state index is 12.2. The average Bonchev–Trinajstić information content (AvgIpc) is 2.58. The van der Waals surface area contributed by atoms with Gasteiger partial charge in [-0.15, -0.1) is 0 Å². The van der Waals surface area contributed by atoms with Crippen LogP contribution in [-0.2, 0) is 4.79 Å². The first-order valence-electron chi connectivity index (χ1n) is 7.77. The van der Waals surface area contributed by atoms with Gasteiger partial charge in [-0.05, 0) is 25.0 Å². The van der Waals surface area contributed by atoms with Crippen LogP contribution in [0.15, 0.2) is 41.6 Å². The van der Waals surface area contributed by atoms with Crippen LogP contribution in [0.1, 0.15) is 26.2 Å². The van der Waals surface area contributed by atoms with Crippen molar-refractivity contribution < 1.29 is 9.59 Å². The number of unbranched alkanes of at least 4 members (excludes halogenated alkanes) is 1. The number of carbonyl (C=O) groups is 2. The Labute approximate surface area is 147 Å². The van der Waals surface area contributed by atoms with E-state index in [0.717, 1.165) is 12.8 Å². The lowest BCUT2D eigenvalue weighted by molar-refractivity contribution is -0.116. The molecule has 0 saturated carbocycles. The molecule has 7 heteroatoms. The number of hydrogen-bond acceptors (Lipinski definition) is 5. The van der Waals surface area contributed by atoms with Gasteiger partial charge in [-0.2, -0.15) is 17.9 Å². The summed E-state index contributed by atoms with van der Waals surface area (Å²) >= 11 is 4.11. The normalized spacial score (nSPS) is 11.0. The smallest absolute Gasteiger partial charge is 0.326 e. The van der Waals surface area contributed by atoms with Gasteiger partial charge in [-0.25, -0.2) is 4.79 Å². The van der Waals surface area contributed by atoms with E-state index in [1.54, 1.807) is 24.3 Å². The zero-order valence-electron chi connectivity index (χ0n) is 13.6. The number of para-hydroxylation sites is 1. The number of benzene rings is 1. The summed E-state index contributed by atoms with van der Waals surface area (Å²) in [5.41, 5.74) is 1.02. The van der Waals surface area contributed by atoms with Crippen molar-refractivity contribution in [1.82, 2.24) is 10.6 Å². The second-order valence-electron chi connectivity index (χ2n) is 4.99. The molecule has 6 nitrogen and oxygen atoms in total. The molecule has 1 rings (SSSR count). The molecular weight excluding hydrogens is 324 g/mol. The third kappa shape index (κ3) is 6.75. The van der Waals surface area contributed by atoms with E-state index < -0.39 is 11.9 Å². The lowest BCUT2D eigenvalue weighted by Crippen LogP contribution is -2.36. The fourth-order valence-corrected chi connectivity index (χ4v) is 2.08. The summed E-state index contributed by atoms with van der Waals surface area (Å²) in [4.78, 5) is 24.1. The molecule has 0 bridgehead atoms. The van der Waals surface area contributed by atoms with Gasteiger partial charge in [0.25, 0.3) is 5.91 Å². The van der Waals surface area contributed by atoms with E-state index in [9.17, 15) is 14.9 Å². The number of allylic oxidation sites excluding steroid dienone is 1. The highest BCUT2D eigenvalue weighted by molar-refractivity contribution is 7.80. The van der Waals surface area contributed by atoms with Gasteiger partial charge in [-0.1, -0.05) is 31.5 Å². The fraction of sp³-hybridized carbons (Fsp3) is 0.353. The van der Waals surface area contributed by atoms with Gasteiger partial charge in [0.05, 0.1) is 0 Å². The first-order chi connectivity index (χ1) is 11.6. The van der Waals surface area contributed by atoms with E-state index in [2.05, 4.69) is 28.6 Å². The van der Waals surface area contributed by atoms with Crippen LogP contribution in [0.4, 0.5) is 10.5 Å². The molecule has 0 unspecified atom stereocenters. The molecule has 1 aromatic rings. The van der Waals surface area contributed by atoms with Crippen molar-refractivity contribution in [3.8, 4) is 6.07 Å². The van der Waals surface area contributed by atoms with Gasteiger partial charge < -0.3 is 10.6 Å². The number of hydrogen-bond donors (Lipinski definition) is 4. The minimum atomic E-state index is -0.719. The minimum absolute atomic E-state index is 0.0755. The Balaban J connectivity index is 2.80. The van der Waals surface area contributed by atoms with E-state index in [-0.39, 0.29) is 5.57 Å². The zero-order valence-corrected chi connectivity index (χ0v) is 14.5. The molecule has 0 aromatic heterocycles. The minimum Gasteiger partial charge on any atom is -0.386 e. The third-order valence-corrected chi connectivity index (χ3v) is 3.35. The number of thiol groups is 1. The number of carbonyl (C=O) groups excluding carboxylic acids is 2. The molecule has 0 atom stereocenters. The lowest BCUT2D eigenvalue weighted by Gasteiger charge is -2.12. The predicted molar refractivity (Wildman–Crippen MR) is 97.6 cm³/mol. The number of anilines is 1. The molecule has 128 valence electrons. The molecule has 24 heavy (non-hydrogen) atoms. The molecule has 0 saturated heterocycles. The van der Waals surface area contributed by atoms with Gasteiger partial charge in [0.1, 0.15) is 11.6 Å². The molecule has 0 aliphatic heterocycles. The maximum absolute atomic E-state index is 12.2. The molecule has 0 aliphatic carbocycles. The second kappa shape index (κ2) is 11.1. The number of imide groups is 1. The highest BCUT2D eigenvalue weighted by Gasteiger charge is 2.17. The summed E-state index contributed by atoms with van der Waals surface area (Å²) < 4.78 is 0. The highest BCUT2D eigenvalue weighted by atomic mass is 32.1. The quantitative estimate of drug-likeness (QED) is 0.331. The Morgan fingerprint density at radius 3 is 2.54 bits per heavy atom. The van der Waals surface area contributed by atoms with Crippen molar-refractivity contribution in [3.05, 3.63) is 41.6 Å². The molecule has 0 spiro atoms. The number of nitriles is 1. The number of rotatable bonds is 8. The summed E-state index contributed by atoms with van der Waals surface area (Å²) in [5, 5.41) is 17.1. The van der Waals surface area contributed by atoms with E-state index in [4.69, 9.17) is 0 Å². The van der Waals surface area contributed by atoms with Crippen LogP contribution < -0.4 is 16.0 Å². The van der Waals surface area contributed by atoms with Gasteiger partial charge >= 0.3 is 6.03 Å². The van der Waals surface area contributed by atoms with Crippen LogP contribution in [-0.4, -0.2) is 24.2 Å². The van der Waals surface area contributed by atoms with Crippen molar-refractivity contribution in [3.63, 3.8) is 0 Å². The first-order valence-corrected chi connectivity index (χ1v) is 8.41. The van der Waals surface area contributed by atoms with Crippen molar-refractivity contribution in [2.75, 3.05) is 17.6 Å². The SMILES string of the molecule is CCCC/C(NCCS)=C(/C#N)C(=O)NC(=O)Nc1ccccc1. The second-order valence-corrected chi connectivity index (χ2v) is 5.44. The van der Waals surface area contributed by atoms with E-state index in [0.29, 0.717) is 30.1 Å². The number of nitrogens with zero attached hydrogens (tertiary/aromatic N) is 1. The molecular formula is C17H22N4O2S. The van der Waals surface area contributed by atoms with Crippen LogP contribution in [0, 0.1) is 11.3 Å². The molecule has 0 radical (unpaired) electrons. The third-order valence-electron chi connectivity index (χ3n) is 3.13. The topological polar surface area (TPSA) is 94.0 Å². The molecule has 3 amide bonds. The summed E-state index contributed by atoms with van der Waals surface area (Å²) in [6.45, 7) is 2.56. The average molecular weight is 346 g/mol. The van der Waals surface area contributed by atoms with Crippen molar-refractivity contribution in [2.24, 2.45) is 0 Å². The van der Waals surface area contributed by atoms with Crippen molar-refractivity contribution >= 4 is 30.3 Å². The summed E-state index contributed by atoms with van der Waals surface area (Å²) in [7, 11) is 0. The Hall–Kier alpha value is -2.46. The largest absolute Gasteiger partial charge is 0.386 e. The van der Waals surface area contributed by atoms with Crippen LogP contribution in [0.3, 0.4) is 0 Å². The Morgan fingerprint density at radius 1 is 1.25 bits per heavy atom. The van der Waals surface area contributed by atoms with Gasteiger partial charge in [0, 0.05) is 23.7 Å². The van der Waals surface area contributed by atoms with E-state index >= 15 is 0 Å². The van der Waals surface area contributed by atoms with Gasteiger partial charge in [0.2, 0.25) is 0 Å². The molecule has 0 aliphatic rings. The van der Waals surface area contributed by atoms with E-state index in [1.807, 2.05) is 19.1 Å². The predicted octanol–water partition coefficient (Wildman–Crippen LogP) is 2.82. The first kappa shape index (κ1) is 19.6. The molecule has 0 fully saturated rings. The summed E-state index contributed by atoms with van der Waals surface area (Å²) in [6, 6.07) is 9.96. The standard InChI is InChI=1S/C17H22N4O2S/c1-2-3-9-15(19-10-11-24)14(12-18)16(22)21-17(23)20-13-7-5-4-6-8-13/h4-8,19,24H,2-3,9-11H2,1H3,(H2,20,21,22,23)/b15-14+. The van der Waals surface area contributed by atoms with Crippen molar-refractivity contribution in [2.45, 2.75) is 26.2 Å². The summed E-state index contributed by atoms with van der Waals surface area (Å²) in [6.07, 6.45) is 2.34. The monoisotopic (exact) mass is 346 g/mol. The van der Waals surface area contributed by atoms with Crippen LogP contribution in [0.2, 0.25) is 0 Å².